The molecule has 1 atom stereocenters. The van der Waals surface area contributed by atoms with Crippen LogP contribution in [0.15, 0.2) is 83.5 Å². The summed E-state index contributed by atoms with van der Waals surface area (Å²) in [6.45, 7) is 13.8. The zero-order valence-electron chi connectivity index (χ0n) is 34.4. The minimum atomic E-state index is -1.36. The van der Waals surface area contributed by atoms with Gasteiger partial charge in [-0.25, -0.2) is 4.98 Å². The molecule has 4 aromatic heterocycles. The van der Waals surface area contributed by atoms with Crippen LogP contribution in [0.2, 0.25) is 19.6 Å². The van der Waals surface area contributed by atoms with Gasteiger partial charge in [-0.05, 0) is 90.5 Å². The van der Waals surface area contributed by atoms with Gasteiger partial charge < -0.3 is 14.4 Å². The molecule has 0 aliphatic heterocycles. The van der Waals surface area contributed by atoms with Gasteiger partial charge in [-0.2, -0.15) is 0 Å². The summed E-state index contributed by atoms with van der Waals surface area (Å²) < 4.78 is 6.32. The molecule has 0 N–H and O–H groups in total. The van der Waals surface area contributed by atoms with Crippen molar-refractivity contribution in [1.29, 1.82) is 0 Å². The van der Waals surface area contributed by atoms with E-state index in [0.717, 1.165) is 68.2 Å². The Balaban J connectivity index is 0.000000178. The normalized spacial score (nSPS) is 20.1. The maximum atomic E-state index is 6.32. The maximum Gasteiger partial charge on any atom is 0.216 e. The van der Waals surface area contributed by atoms with Crippen molar-refractivity contribution in [2.24, 2.45) is 23.7 Å². The van der Waals surface area contributed by atoms with Crippen molar-refractivity contribution in [2.75, 3.05) is 0 Å². The molecule has 4 aliphatic rings. The summed E-state index contributed by atoms with van der Waals surface area (Å²) in [5.41, 5.74) is 9.57. The van der Waals surface area contributed by atoms with E-state index in [1.807, 2.05) is 24.4 Å². The molecule has 4 saturated carbocycles. The molecular formula is C50H59IrN3OSi-2. The van der Waals surface area contributed by atoms with Crippen LogP contribution in [-0.4, -0.2) is 23.0 Å². The van der Waals surface area contributed by atoms with Gasteiger partial charge in [-0.1, -0.05) is 120 Å². The standard InChI is InChI=1S/C29H31N2O.C21H28NSi.Ir/c1-29(2,3)26-12-11-23-22-5-4-6-24(27(22)32-28(23)31-26)25-17-19(13-14-30-25)16-21-15-18-7-9-20(21)10-8-18;1-23(2,3)21-16-22-20(18-12-8-5-9-13-18)15-19(21)14-17-10-6-4-7-11-17;/h4-5,11-14,17-18,20-21H,7-10,15-16H2,1-3H3;5,8-9,12,15-17H,4,6-7,10-11,14H2,1-3H3;/q2*-1;. The van der Waals surface area contributed by atoms with Crippen molar-refractivity contribution in [2.45, 2.75) is 123 Å². The van der Waals surface area contributed by atoms with E-state index in [0.29, 0.717) is 5.71 Å². The average molecular weight is 938 g/mol. The quantitative estimate of drug-likeness (QED) is 0.118. The Bertz CT molecular complexity index is 2240. The summed E-state index contributed by atoms with van der Waals surface area (Å²) in [6.07, 6.45) is 20.8. The van der Waals surface area contributed by atoms with Gasteiger partial charge in [0.25, 0.3) is 0 Å². The first kappa shape index (κ1) is 40.7. The molecule has 0 saturated heterocycles. The number of nitrogens with zero attached hydrogens (tertiary/aromatic N) is 3. The molecule has 1 unspecified atom stereocenters. The second-order valence-corrected chi connectivity index (χ2v) is 24.0. The van der Waals surface area contributed by atoms with Gasteiger partial charge in [0.15, 0.2) is 0 Å². The number of pyridine rings is 3. The van der Waals surface area contributed by atoms with Crippen LogP contribution in [-0.2, 0) is 38.4 Å². The minimum Gasteiger partial charge on any atom is -0.486 e. The molecule has 4 fully saturated rings. The van der Waals surface area contributed by atoms with Crippen molar-refractivity contribution in [1.82, 2.24) is 15.0 Å². The van der Waals surface area contributed by atoms with Gasteiger partial charge in [0.2, 0.25) is 5.71 Å². The van der Waals surface area contributed by atoms with Crippen LogP contribution < -0.4 is 5.19 Å². The largest absolute Gasteiger partial charge is 0.486 e. The molecule has 10 rings (SSSR count). The number of furan rings is 1. The second kappa shape index (κ2) is 17.2. The fourth-order valence-corrected chi connectivity index (χ4v) is 11.4. The van der Waals surface area contributed by atoms with Gasteiger partial charge in [0, 0.05) is 49.0 Å². The smallest absolute Gasteiger partial charge is 0.216 e. The van der Waals surface area contributed by atoms with E-state index < -0.39 is 8.07 Å². The fraction of sp³-hybridized carbons (Fsp3) is 0.460. The van der Waals surface area contributed by atoms with Crippen LogP contribution in [0.25, 0.3) is 44.6 Å². The van der Waals surface area contributed by atoms with Gasteiger partial charge in [-0.3, -0.25) is 0 Å². The van der Waals surface area contributed by atoms with E-state index in [1.165, 1.54) is 82.6 Å². The molecule has 56 heavy (non-hydrogen) atoms. The van der Waals surface area contributed by atoms with Crippen molar-refractivity contribution in [3.8, 4) is 22.5 Å². The first-order valence-electron chi connectivity index (χ1n) is 21.2. The first-order valence-corrected chi connectivity index (χ1v) is 24.7. The van der Waals surface area contributed by atoms with Crippen molar-refractivity contribution >= 4 is 35.3 Å². The van der Waals surface area contributed by atoms with Crippen LogP contribution in [0.3, 0.4) is 0 Å². The van der Waals surface area contributed by atoms with Gasteiger partial charge in [-0.15, -0.1) is 54.1 Å². The molecule has 1 radical (unpaired) electrons. The minimum absolute atomic E-state index is 0. The molecule has 2 bridgehead atoms. The van der Waals surface area contributed by atoms with Crippen molar-refractivity contribution < 1.29 is 24.5 Å². The fourth-order valence-electron chi connectivity index (χ4n) is 9.78. The molecule has 4 heterocycles. The third-order valence-corrected chi connectivity index (χ3v) is 14.9. The van der Waals surface area contributed by atoms with Crippen LogP contribution in [0.5, 0.6) is 0 Å². The number of aromatic nitrogens is 3. The molecular weight excluding hydrogens is 879 g/mol. The number of hydrogen-bond donors (Lipinski definition) is 0. The first-order chi connectivity index (χ1) is 26.5. The van der Waals surface area contributed by atoms with Crippen LogP contribution in [0.1, 0.15) is 102 Å². The Labute approximate surface area is 350 Å². The van der Waals surface area contributed by atoms with E-state index in [2.05, 4.69) is 107 Å². The molecule has 4 nitrogen and oxygen atoms in total. The summed E-state index contributed by atoms with van der Waals surface area (Å²) >= 11 is 0. The molecule has 4 aliphatic carbocycles. The summed E-state index contributed by atoms with van der Waals surface area (Å²) in [7, 11) is -1.36. The Morgan fingerprint density at radius 3 is 2.29 bits per heavy atom. The Morgan fingerprint density at radius 1 is 0.786 bits per heavy atom. The summed E-state index contributed by atoms with van der Waals surface area (Å²) in [5, 5.41) is 3.68. The zero-order valence-corrected chi connectivity index (χ0v) is 37.8. The second-order valence-electron chi connectivity index (χ2n) is 19.0. The maximum absolute atomic E-state index is 6.32. The van der Waals surface area contributed by atoms with E-state index >= 15 is 0 Å². The summed E-state index contributed by atoms with van der Waals surface area (Å²) in [6, 6.07) is 30.0. The summed E-state index contributed by atoms with van der Waals surface area (Å²) in [4.78, 5) is 14.3. The van der Waals surface area contributed by atoms with Crippen LogP contribution in [0.4, 0.5) is 0 Å². The molecule has 295 valence electrons. The number of hydrogen-bond acceptors (Lipinski definition) is 4. The number of benzene rings is 2. The Morgan fingerprint density at radius 2 is 1.59 bits per heavy atom. The predicted octanol–water partition coefficient (Wildman–Crippen LogP) is 12.7. The van der Waals surface area contributed by atoms with E-state index in [9.17, 15) is 0 Å². The molecule has 2 aromatic carbocycles. The molecule has 6 aromatic rings. The predicted molar refractivity (Wildman–Crippen MR) is 231 cm³/mol. The van der Waals surface area contributed by atoms with E-state index in [4.69, 9.17) is 19.4 Å². The van der Waals surface area contributed by atoms with Gasteiger partial charge in [0.05, 0.1) is 13.7 Å². The number of fused-ring (bicyclic) bond motifs is 6. The van der Waals surface area contributed by atoms with Gasteiger partial charge in [0.1, 0.15) is 0 Å². The molecule has 0 spiro atoms. The van der Waals surface area contributed by atoms with E-state index in [1.54, 1.807) is 10.8 Å². The van der Waals surface area contributed by atoms with Crippen LogP contribution >= 0.6 is 0 Å². The third-order valence-electron chi connectivity index (χ3n) is 12.9. The molecule has 6 heteroatoms. The van der Waals surface area contributed by atoms with Crippen LogP contribution in [0, 0.1) is 35.8 Å². The number of rotatable bonds is 7. The SMILES string of the molecule is CC(C)(C)c1ccc2c(n1)oc1c(-c3cc(CC4CC5CCC4CC5)ccn3)[c-]ccc12.C[Si](C)(C)c1cnc(-c2[c-]cccc2)cc1CC1CCCCC1.[Ir]. The third kappa shape index (κ3) is 9.14. The molecule has 0 amide bonds. The van der Waals surface area contributed by atoms with Crippen molar-refractivity contribution in [3.05, 3.63) is 108 Å². The van der Waals surface area contributed by atoms with E-state index in [-0.39, 0.29) is 25.5 Å². The Kier molecular flexibility index (Phi) is 12.5. The topological polar surface area (TPSA) is 51.8 Å². The zero-order chi connectivity index (χ0) is 38.2. The average Bonchev–Trinajstić information content (AvgIpc) is 3.57. The Hall–Kier alpha value is -3.44. The van der Waals surface area contributed by atoms with Crippen molar-refractivity contribution in [3.63, 3.8) is 0 Å². The van der Waals surface area contributed by atoms with Gasteiger partial charge >= 0.3 is 0 Å². The summed E-state index contributed by atoms with van der Waals surface area (Å²) in [5.74, 6) is 3.59. The monoisotopic (exact) mass is 938 g/mol.